The number of sulfonamides is 1. The van der Waals surface area contributed by atoms with E-state index in [4.69, 9.17) is 27.9 Å². The van der Waals surface area contributed by atoms with Crippen LogP contribution in [0.4, 0.5) is 5.69 Å². The second-order valence-corrected chi connectivity index (χ2v) is 13.5. The van der Waals surface area contributed by atoms with Crippen LogP contribution in [0.15, 0.2) is 76.5 Å². The summed E-state index contributed by atoms with van der Waals surface area (Å²) in [6, 6.07) is 16.9. The van der Waals surface area contributed by atoms with E-state index in [1.165, 1.54) is 28.8 Å². The first-order chi connectivity index (χ1) is 20.4. The van der Waals surface area contributed by atoms with Crippen LogP contribution in [0, 0.1) is 0 Å². The number of carbonyl (C=O) groups excluding carboxylic acids is 2. The van der Waals surface area contributed by atoms with Gasteiger partial charge >= 0.3 is 0 Å². The molecule has 232 valence electrons. The number of hydrogen-bond donors (Lipinski definition) is 1. The minimum atomic E-state index is -4.27. The smallest absolute Gasteiger partial charge is 0.264 e. The Hall–Kier alpha value is -2.92. The Kier molecular flexibility index (Phi) is 12.6. The van der Waals surface area contributed by atoms with Gasteiger partial charge in [0, 0.05) is 33.1 Å². The molecular formula is C31H37Cl2N3O5S2. The van der Waals surface area contributed by atoms with Crippen molar-refractivity contribution in [2.75, 3.05) is 23.7 Å². The van der Waals surface area contributed by atoms with Crippen LogP contribution in [0.25, 0.3) is 0 Å². The quantitative estimate of drug-likeness (QED) is 0.194. The van der Waals surface area contributed by atoms with Gasteiger partial charge in [-0.2, -0.15) is 0 Å². The highest BCUT2D eigenvalue weighted by molar-refractivity contribution is 7.98. The zero-order chi connectivity index (χ0) is 31.7. The molecule has 12 heteroatoms. The minimum Gasteiger partial charge on any atom is -0.492 e. The highest BCUT2D eigenvalue weighted by atomic mass is 35.5. The molecule has 8 nitrogen and oxygen atoms in total. The topological polar surface area (TPSA) is 96.0 Å². The average Bonchev–Trinajstić information content (AvgIpc) is 2.97. The highest BCUT2D eigenvalue weighted by Crippen LogP contribution is 2.34. The maximum atomic E-state index is 14.3. The number of nitrogens with zero attached hydrogens (tertiary/aromatic N) is 2. The lowest BCUT2D eigenvalue weighted by atomic mass is 10.1. The van der Waals surface area contributed by atoms with Gasteiger partial charge < -0.3 is 15.0 Å². The Bertz CT molecular complexity index is 1500. The SMILES string of the molecule is CCOc1ccccc1N(CC(=O)N(Cc1c(Cl)cccc1Cl)C(CC)C(=O)NC(C)C)S(=O)(=O)c1ccc(SC)cc1. The number of halogens is 2. The third kappa shape index (κ3) is 8.59. The lowest BCUT2D eigenvalue weighted by Gasteiger charge is -2.34. The van der Waals surface area contributed by atoms with Gasteiger partial charge in [0.25, 0.3) is 10.0 Å². The van der Waals surface area contributed by atoms with Gasteiger partial charge in [-0.1, -0.05) is 48.3 Å². The number of amides is 2. The molecule has 0 aromatic heterocycles. The zero-order valence-electron chi connectivity index (χ0n) is 24.8. The molecule has 3 rings (SSSR count). The molecule has 0 saturated heterocycles. The van der Waals surface area contributed by atoms with Gasteiger partial charge in [-0.3, -0.25) is 13.9 Å². The van der Waals surface area contributed by atoms with Gasteiger partial charge in [0.05, 0.1) is 17.2 Å². The van der Waals surface area contributed by atoms with Crippen molar-refractivity contribution in [3.8, 4) is 5.75 Å². The molecular weight excluding hydrogens is 629 g/mol. The number of ether oxygens (including phenoxy) is 1. The summed E-state index contributed by atoms with van der Waals surface area (Å²) in [7, 11) is -4.27. The number of benzene rings is 3. The number of carbonyl (C=O) groups is 2. The molecule has 0 aliphatic rings. The largest absolute Gasteiger partial charge is 0.492 e. The standard InChI is InChI=1S/C31H37Cl2N3O5S2/c1-6-27(31(38)34-21(3)4)35(19-24-25(32)11-10-12-26(24)33)30(37)20-36(28-13-8-9-14-29(28)41-7-2)43(39,40)23-17-15-22(42-5)16-18-23/h8-18,21,27H,6-7,19-20H2,1-5H3,(H,34,38). The van der Waals surface area contributed by atoms with Crippen LogP contribution in [-0.4, -0.2) is 56.6 Å². The lowest BCUT2D eigenvalue weighted by molar-refractivity contribution is -0.140. The van der Waals surface area contributed by atoms with Gasteiger partial charge in [0.2, 0.25) is 11.8 Å². The van der Waals surface area contributed by atoms with E-state index in [2.05, 4.69) is 5.32 Å². The third-order valence-electron chi connectivity index (χ3n) is 6.57. The fourth-order valence-electron chi connectivity index (χ4n) is 4.48. The van der Waals surface area contributed by atoms with Gasteiger partial charge in [-0.15, -0.1) is 11.8 Å². The van der Waals surface area contributed by atoms with Crippen LogP contribution in [0.2, 0.25) is 10.0 Å². The lowest BCUT2D eigenvalue weighted by Crippen LogP contribution is -2.53. The van der Waals surface area contributed by atoms with Crippen molar-refractivity contribution >= 4 is 62.5 Å². The molecule has 0 saturated carbocycles. The van der Waals surface area contributed by atoms with Crippen molar-refractivity contribution in [1.82, 2.24) is 10.2 Å². The highest BCUT2D eigenvalue weighted by Gasteiger charge is 2.35. The molecule has 0 aliphatic heterocycles. The van der Waals surface area contributed by atoms with Crippen LogP contribution < -0.4 is 14.4 Å². The maximum Gasteiger partial charge on any atom is 0.264 e. The second kappa shape index (κ2) is 15.7. The van der Waals surface area contributed by atoms with Crippen molar-refractivity contribution in [3.63, 3.8) is 0 Å². The Morgan fingerprint density at radius 2 is 1.58 bits per heavy atom. The van der Waals surface area contributed by atoms with E-state index < -0.39 is 28.5 Å². The molecule has 0 radical (unpaired) electrons. The van der Waals surface area contributed by atoms with Crippen LogP contribution >= 0.6 is 35.0 Å². The molecule has 0 aliphatic carbocycles. The number of rotatable bonds is 14. The molecule has 0 fully saturated rings. The average molecular weight is 667 g/mol. The van der Waals surface area contributed by atoms with E-state index in [0.29, 0.717) is 21.4 Å². The Labute approximate surface area is 268 Å². The van der Waals surface area contributed by atoms with Crippen LogP contribution in [0.1, 0.15) is 39.7 Å². The summed E-state index contributed by atoms with van der Waals surface area (Å²) in [5.74, 6) is -0.685. The number of hydrogen-bond acceptors (Lipinski definition) is 6. The molecule has 43 heavy (non-hydrogen) atoms. The predicted octanol–water partition coefficient (Wildman–Crippen LogP) is 6.64. The van der Waals surface area contributed by atoms with Gasteiger partial charge in [-0.05, 0) is 82.0 Å². The molecule has 3 aromatic rings. The number of para-hydroxylation sites is 2. The minimum absolute atomic E-state index is 0.00897. The van der Waals surface area contributed by atoms with Gasteiger partial charge in [0.1, 0.15) is 18.3 Å². The van der Waals surface area contributed by atoms with Crippen LogP contribution in [0.3, 0.4) is 0 Å². The van der Waals surface area contributed by atoms with E-state index in [1.54, 1.807) is 68.4 Å². The summed E-state index contributed by atoms with van der Waals surface area (Å²) in [6.07, 6.45) is 2.16. The summed E-state index contributed by atoms with van der Waals surface area (Å²) in [5, 5.41) is 3.52. The molecule has 1 atom stereocenters. The molecule has 0 bridgehead atoms. The van der Waals surface area contributed by atoms with Crippen molar-refractivity contribution < 1.29 is 22.7 Å². The summed E-state index contributed by atoms with van der Waals surface area (Å²) in [5.41, 5.74) is 0.647. The monoisotopic (exact) mass is 665 g/mol. The fraction of sp³-hybridized carbons (Fsp3) is 0.355. The first-order valence-corrected chi connectivity index (χ1v) is 17.3. The molecule has 1 unspecified atom stereocenters. The Morgan fingerprint density at radius 3 is 2.14 bits per heavy atom. The molecule has 0 heterocycles. The molecule has 1 N–H and O–H groups in total. The van der Waals surface area contributed by atoms with E-state index in [0.717, 1.165) is 9.20 Å². The Balaban J connectivity index is 2.16. The normalized spacial score (nSPS) is 12.1. The molecule has 0 spiro atoms. The van der Waals surface area contributed by atoms with Crippen molar-refractivity contribution in [1.29, 1.82) is 0 Å². The van der Waals surface area contributed by atoms with Gasteiger partial charge in [0.15, 0.2) is 0 Å². The molecule has 2 amide bonds. The Morgan fingerprint density at radius 1 is 0.953 bits per heavy atom. The summed E-state index contributed by atoms with van der Waals surface area (Å²) < 4.78 is 35.2. The van der Waals surface area contributed by atoms with Crippen molar-refractivity contribution in [2.24, 2.45) is 0 Å². The first-order valence-electron chi connectivity index (χ1n) is 13.9. The summed E-state index contributed by atoms with van der Waals surface area (Å²) >= 11 is 14.4. The van der Waals surface area contributed by atoms with Crippen LogP contribution in [0.5, 0.6) is 5.75 Å². The summed E-state index contributed by atoms with van der Waals surface area (Å²) in [6.45, 7) is 6.79. The van der Waals surface area contributed by atoms with Crippen LogP contribution in [-0.2, 0) is 26.2 Å². The third-order valence-corrected chi connectivity index (χ3v) is 9.79. The van der Waals surface area contributed by atoms with Crippen molar-refractivity contribution in [2.45, 2.75) is 62.5 Å². The maximum absolute atomic E-state index is 14.3. The van der Waals surface area contributed by atoms with E-state index >= 15 is 0 Å². The predicted molar refractivity (Wildman–Crippen MR) is 175 cm³/mol. The number of anilines is 1. The second-order valence-electron chi connectivity index (χ2n) is 9.90. The summed E-state index contributed by atoms with van der Waals surface area (Å²) in [4.78, 5) is 29.9. The zero-order valence-corrected chi connectivity index (χ0v) is 28.0. The van der Waals surface area contributed by atoms with Crippen molar-refractivity contribution in [3.05, 3.63) is 82.3 Å². The number of thioether (sulfide) groups is 1. The van der Waals surface area contributed by atoms with E-state index in [9.17, 15) is 18.0 Å². The van der Waals surface area contributed by atoms with Gasteiger partial charge in [-0.25, -0.2) is 8.42 Å². The number of nitrogens with one attached hydrogen (secondary N) is 1. The molecule has 3 aromatic carbocycles. The first kappa shape index (κ1) is 34.6. The fourth-order valence-corrected chi connectivity index (χ4v) is 6.83. The van der Waals surface area contributed by atoms with E-state index in [1.807, 2.05) is 20.1 Å². The van der Waals surface area contributed by atoms with E-state index in [-0.39, 0.29) is 42.1 Å².